The van der Waals surface area contributed by atoms with E-state index in [1.54, 1.807) is 20.4 Å². The van der Waals surface area contributed by atoms with E-state index in [1.165, 1.54) is 40.2 Å². The van der Waals surface area contributed by atoms with Crippen LogP contribution in [0, 0.1) is 0 Å². The molecule has 2 aromatic carbocycles. The third-order valence-electron chi connectivity index (χ3n) is 6.53. The summed E-state index contributed by atoms with van der Waals surface area (Å²) in [6.45, 7) is 14.2. The van der Waals surface area contributed by atoms with Crippen molar-refractivity contribution in [3.05, 3.63) is 53.6 Å². The van der Waals surface area contributed by atoms with Gasteiger partial charge in [0, 0.05) is 0 Å². The molecule has 0 N–H and O–H groups in total. The zero-order chi connectivity index (χ0) is 20.3. The van der Waals surface area contributed by atoms with Crippen LogP contribution >= 0.6 is 0 Å². The molecular formula is C26H39NSn. The molecule has 0 bridgehead atoms. The van der Waals surface area contributed by atoms with Crippen molar-refractivity contribution >= 4 is 33.6 Å². The third kappa shape index (κ3) is 3.76. The van der Waals surface area contributed by atoms with Gasteiger partial charge in [0.05, 0.1) is 0 Å². The Labute approximate surface area is 177 Å². The molecule has 3 rings (SSSR count). The van der Waals surface area contributed by atoms with Gasteiger partial charge in [-0.25, -0.2) is 0 Å². The summed E-state index contributed by atoms with van der Waals surface area (Å²) < 4.78 is 7.69. The van der Waals surface area contributed by atoms with Crippen LogP contribution in [-0.2, 0) is 0 Å². The second-order valence-corrected chi connectivity index (χ2v) is 20.7. The molecule has 1 nitrogen and oxygen atoms in total. The van der Waals surface area contributed by atoms with Gasteiger partial charge in [-0.3, -0.25) is 0 Å². The maximum atomic E-state index is 2.97. The SMILES string of the molecule is CCC[CH2][Sn]1([CH2]CCC)[c]2ccccc2[N]1c1c(C(C)C)cccc1C(C)C. The molecule has 1 aliphatic rings. The minimum atomic E-state index is -2.65. The van der Waals surface area contributed by atoms with Gasteiger partial charge in [0.2, 0.25) is 0 Å². The Balaban J connectivity index is 2.24. The summed E-state index contributed by atoms with van der Waals surface area (Å²) >= 11 is -2.65. The van der Waals surface area contributed by atoms with Gasteiger partial charge in [-0.15, -0.1) is 0 Å². The molecule has 0 spiro atoms. The predicted octanol–water partition coefficient (Wildman–Crippen LogP) is 7.84. The number of nitrogens with zero attached hydrogens (tertiary/aromatic N) is 1. The molecule has 0 aliphatic carbocycles. The molecule has 0 aromatic heterocycles. The van der Waals surface area contributed by atoms with Crippen LogP contribution in [0.3, 0.4) is 0 Å². The molecule has 28 heavy (non-hydrogen) atoms. The first-order chi connectivity index (χ1) is 13.5. The number of unbranched alkanes of at least 4 members (excludes halogenated alkanes) is 2. The van der Waals surface area contributed by atoms with Crippen LogP contribution in [0.5, 0.6) is 0 Å². The number of hydrogen-bond donors (Lipinski definition) is 0. The fourth-order valence-corrected chi connectivity index (χ4v) is 21.0. The molecule has 0 fully saturated rings. The van der Waals surface area contributed by atoms with Crippen molar-refractivity contribution < 1.29 is 0 Å². The molecule has 0 radical (unpaired) electrons. The van der Waals surface area contributed by atoms with E-state index in [2.05, 4.69) is 87.1 Å². The van der Waals surface area contributed by atoms with Crippen molar-refractivity contribution in [2.75, 3.05) is 3.12 Å². The van der Waals surface area contributed by atoms with Crippen molar-refractivity contribution in [1.29, 1.82) is 0 Å². The van der Waals surface area contributed by atoms with Gasteiger partial charge < -0.3 is 0 Å². The molecule has 152 valence electrons. The summed E-state index contributed by atoms with van der Waals surface area (Å²) in [5, 5.41) is 0. The third-order valence-corrected chi connectivity index (χ3v) is 21.1. The molecule has 0 saturated carbocycles. The molecule has 0 unspecified atom stereocenters. The first kappa shape index (κ1) is 21.7. The number of para-hydroxylation sites is 2. The zero-order valence-electron chi connectivity index (χ0n) is 18.9. The first-order valence-corrected chi connectivity index (χ1v) is 18.2. The number of rotatable bonds is 9. The first-order valence-electron chi connectivity index (χ1n) is 11.5. The quantitative estimate of drug-likeness (QED) is 0.328. The van der Waals surface area contributed by atoms with Crippen molar-refractivity contribution in [2.45, 2.75) is 87.9 Å². The van der Waals surface area contributed by atoms with E-state index in [0.717, 1.165) is 0 Å². The maximum absolute atomic E-state index is 2.97. The molecular weight excluding hydrogens is 445 g/mol. The number of fused-ring (bicyclic) bond motifs is 1. The molecule has 1 aliphatic heterocycles. The van der Waals surface area contributed by atoms with Crippen LogP contribution < -0.4 is 6.70 Å². The van der Waals surface area contributed by atoms with Crippen LogP contribution in [0.2, 0.25) is 8.87 Å². The second-order valence-electron chi connectivity index (χ2n) is 9.19. The van der Waals surface area contributed by atoms with Crippen LogP contribution in [-0.4, -0.2) is 18.7 Å². The van der Waals surface area contributed by atoms with Gasteiger partial charge in [-0.05, 0) is 0 Å². The van der Waals surface area contributed by atoms with Gasteiger partial charge in [0.15, 0.2) is 0 Å². The fourth-order valence-electron chi connectivity index (χ4n) is 5.02. The van der Waals surface area contributed by atoms with Crippen LogP contribution in [0.25, 0.3) is 0 Å². The van der Waals surface area contributed by atoms with E-state index in [1.807, 2.05) is 0 Å². The summed E-state index contributed by atoms with van der Waals surface area (Å²) in [7, 11) is 0. The standard InChI is InChI=1S/C18H21N.2C4H9.Sn/c1-13(2)16-11-8-12-17(14(3)4)18(16)19-15-9-6-5-7-10-15;2*1-3-4-2;/h5-9,11-14H,1-4H3;2*1,3-4H2,2H3;/q-1;;;+1. The molecule has 2 heteroatoms. The van der Waals surface area contributed by atoms with Crippen molar-refractivity contribution in [3.63, 3.8) is 0 Å². The minimum absolute atomic E-state index is 0.558. The summed E-state index contributed by atoms with van der Waals surface area (Å²) in [4.78, 5) is 0. The summed E-state index contributed by atoms with van der Waals surface area (Å²) in [6.07, 6.45) is 5.38. The van der Waals surface area contributed by atoms with Crippen molar-refractivity contribution in [1.82, 2.24) is 0 Å². The molecule has 1 heterocycles. The van der Waals surface area contributed by atoms with Crippen LogP contribution in [0.1, 0.15) is 90.2 Å². The second kappa shape index (κ2) is 9.24. The van der Waals surface area contributed by atoms with Crippen molar-refractivity contribution in [2.24, 2.45) is 0 Å². The molecule has 2 aromatic rings. The van der Waals surface area contributed by atoms with Gasteiger partial charge >= 0.3 is 178 Å². The Morgan fingerprint density at radius 1 is 0.750 bits per heavy atom. The normalized spacial score (nSPS) is 15.1. The average Bonchev–Trinajstić information content (AvgIpc) is 2.68. The van der Waals surface area contributed by atoms with E-state index in [9.17, 15) is 0 Å². The topological polar surface area (TPSA) is 3.24 Å². The number of benzene rings is 2. The van der Waals surface area contributed by atoms with Gasteiger partial charge in [0.25, 0.3) is 0 Å². The van der Waals surface area contributed by atoms with Crippen molar-refractivity contribution in [3.8, 4) is 0 Å². The average molecular weight is 484 g/mol. The Morgan fingerprint density at radius 3 is 1.79 bits per heavy atom. The van der Waals surface area contributed by atoms with Gasteiger partial charge in [-0.2, -0.15) is 0 Å². The van der Waals surface area contributed by atoms with Crippen LogP contribution in [0.15, 0.2) is 42.5 Å². The summed E-state index contributed by atoms with van der Waals surface area (Å²) in [6, 6.07) is 16.5. The number of anilines is 2. The van der Waals surface area contributed by atoms with Gasteiger partial charge in [0.1, 0.15) is 0 Å². The van der Waals surface area contributed by atoms with Crippen LogP contribution in [0.4, 0.5) is 11.4 Å². The fraction of sp³-hybridized carbons (Fsp3) is 0.538. The Kier molecular flexibility index (Phi) is 7.17. The monoisotopic (exact) mass is 485 g/mol. The summed E-state index contributed by atoms with van der Waals surface area (Å²) in [5.74, 6) is 1.12. The van der Waals surface area contributed by atoms with E-state index >= 15 is 0 Å². The molecule has 0 amide bonds. The van der Waals surface area contributed by atoms with E-state index in [-0.39, 0.29) is 0 Å². The number of hydrogen-bond acceptors (Lipinski definition) is 1. The van der Waals surface area contributed by atoms with E-state index in [0.29, 0.717) is 11.8 Å². The molecule has 0 atom stereocenters. The molecule has 0 saturated heterocycles. The van der Waals surface area contributed by atoms with E-state index < -0.39 is 18.7 Å². The Morgan fingerprint density at radius 2 is 1.29 bits per heavy atom. The Bertz CT molecular complexity index is 759. The van der Waals surface area contributed by atoms with E-state index in [4.69, 9.17) is 0 Å². The Hall–Kier alpha value is -0.961. The zero-order valence-corrected chi connectivity index (χ0v) is 21.7. The van der Waals surface area contributed by atoms with Gasteiger partial charge in [-0.1, -0.05) is 0 Å². The summed E-state index contributed by atoms with van der Waals surface area (Å²) in [5.41, 5.74) is 6.22. The predicted molar refractivity (Wildman–Crippen MR) is 128 cm³/mol.